The van der Waals surface area contributed by atoms with E-state index in [-0.39, 0.29) is 19.1 Å². The van der Waals surface area contributed by atoms with Crippen LogP contribution in [-0.2, 0) is 17.8 Å². The van der Waals surface area contributed by atoms with Crippen LogP contribution in [0.2, 0.25) is 0 Å². The van der Waals surface area contributed by atoms with Gasteiger partial charge in [-0.2, -0.15) is 0 Å². The number of carbonyl (C=O) groups excluding carboxylic acids is 1. The second kappa shape index (κ2) is 7.96. The van der Waals surface area contributed by atoms with Crippen molar-refractivity contribution in [2.45, 2.75) is 19.0 Å². The van der Waals surface area contributed by atoms with Crippen LogP contribution in [0, 0.1) is 0 Å². The molecule has 25 heavy (non-hydrogen) atoms. The third-order valence-electron chi connectivity index (χ3n) is 4.33. The molecule has 1 heterocycles. The number of rotatable bonds is 7. The first-order valence-electron chi connectivity index (χ1n) is 8.43. The Morgan fingerprint density at radius 3 is 2.60 bits per heavy atom. The Hall–Kier alpha value is -2.63. The zero-order valence-electron chi connectivity index (χ0n) is 14.1. The summed E-state index contributed by atoms with van der Waals surface area (Å²) in [5.74, 6) is -0.150. The highest BCUT2D eigenvalue weighted by molar-refractivity contribution is 5.86. The first-order chi connectivity index (χ1) is 12.2. The fourth-order valence-electron chi connectivity index (χ4n) is 3.05. The molecule has 4 N–H and O–H groups in total. The maximum atomic E-state index is 12.8. The van der Waals surface area contributed by atoms with Crippen LogP contribution in [0.4, 0.5) is 0 Å². The number of aromatic nitrogens is 1. The van der Waals surface area contributed by atoms with Crippen molar-refractivity contribution in [3.63, 3.8) is 0 Å². The van der Waals surface area contributed by atoms with Gasteiger partial charge in [-0.05, 0) is 23.6 Å². The van der Waals surface area contributed by atoms with E-state index in [9.17, 15) is 9.90 Å². The molecule has 0 saturated carbocycles. The molecule has 0 aliphatic heterocycles. The molecule has 0 bridgehead atoms. The van der Waals surface area contributed by atoms with Gasteiger partial charge < -0.3 is 20.7 Å². The molecule has 130 valence electrons. The summed E-state index contributed by atoms with van der Waals surface area (Å²) < 4.78 is 0. The number of nitrogens with two attached hydrogens (primary N) is 1. The van der Waals surface area contributed by atoms with Gasteiger partial charge >= 0.3 is 0 Å². The van der Waals surface area contributed by atoms with Gasteiger partial charge in [0.2, 0.25) is 5.91 Å². The minimum Gasteiger partial charge on any atom is -0.395 e. The van der Waals surface area contributed by atoms with Gasteiger partial charge in [-0.25, -0.2) is 0 Å². The highest BCUT2D eigenvalue weighted by atomic mass is 16.3. The average Bonchev–Trinajstić information content (AvgIpc) is 3.04. The summed E-state index contributed by atoms with van der Waals surface area (Å²) in [4.78, 5) is 17.6. The normalized spacial score (nSPS) is 12.2. The van der Waals surface area contributed by atoms with Crippen LogP contribution in [-0.4, -0.2) is 40.1 Å². The summed E-state index contributed by atoms with van der Waals surface area (Å²) in [7, 11) is 0. The molecule has 0 unspecified atom stereocenters. The van der Waals surface area contributed by atoms with Crippen molar-refractivity contribution in [2.24, 2.45) is 5.73 Å². The molecule has 0 fully saturated rings. The predicted molar refractivity (Wildman–Crippen MR) is 98.9 cm³/mol. The molecule has 0 saturated heterocycles. The molecule has 1 aromatic heterocycles. The number of H-pyrrole nitrogens is 1. The number of hydrogen-bond donors (Lipinski definition) is 3. The molecule has 0 aliphatic rings. The number of amides is 1. The number of fused-ring (bicyclic) bond motifs is 1. The lowest BCUT2D eigenvalue weighted by Gasteiger charge is -2.25. The van der Waals surface area contributed by atoms with Gasteiger partial charge in [-0.1, -0.05) is 48.5 Å². The van der Waals surface area contributed by atoms with E-state index in [2.05, 4.69) is 4.98 Å². The van der Waals surface area contributed by atoms with Gasteiger partial charge in [-0.3, -0.25) is 4.79 Å². The SMILES string of the molecule is N[C@@H](Cc1c[nH]c2ccccc12)C(=O)N(CCO)Cc1ccccc1. The average molecular weight is 337 g/mol. The van der Waals surface area contributed by atoms with Crippen molar-refractivity contribution in [1.29, 1.82) is 0 Å². The Labute approximate surface area is 147 Å². The van der Waals surface area contributed by atoms with E-state index < -0.39 is 6.04 Å². The van der Waals surface area contributed by atoms with Crippen LogP contribution in [0.1, 0.15) is 11.1 Å². The van der Waals surface area contributed by atoms with Gasteiger partial charge in [0, 0.05) is 30.2 Å². The molecule has 1 atom stereocenters. The zero-order chi connectivity index (χ0) is 17.6. The monoisotopic (exact) mass is 337 g/mol. The maximum Gasteiger partial charge on any atom is 0.240 e. The minimum atomic E-state index is -0.644. The van der Waals surface area contributed by atoms with Crippen molar-refractivity contribution >= 4 is 16.8 Å². The largest absolute Gasteiger partial charge is 0.395 e. The lowest BCUT2D eigenvalue weighted by atomic mass is 10.0. The standard InChI is InChI=1S/C20H23N3O2/c21-18(12-16-13-22-19-9-5-4-8-17(16)19)20(25)23(10-11-24)14-15-6-2-1-3-7-15/h1-9,13,18,22,24H,10-12,14,21H2/t18-/m0/s1. The molecule has 2 aromatic carbocycles. The molecule has 3 aromatic rings. The van der Waals surface area contributed by atoms with E-state index in [0.717, 1.165) is 22.0 Å². The Morgan fingerprint density at radius 1 is 1.12 bits per heavy atom. The number of aromatic amines is 1. The third kappa shape index (κ3) is 4.07. The van der Waals surface area contributed by atoms with Crippen molar-refractivity contribution in [3.8, 4) is 0 Å². The fraction of sp³-hybridized carbons (Fsp3) is 0.250. The van der Waals surface area contributed by atoms with Crippen molar-refractivity contribution in [1.82, 2.24) is 9.88 Å². The fourth-order valence-corrected chi connectivity index (χ4v) is 3.05. The Kier molecular flexibility index (Phi) is 5.48. The molecule has 3 rings (SSSR count). The molecule has 0 aliphatic carbocycles. The molecular weight excluding hydrogens is 314 g/mol. The Bertz CT molecular complexity index is 829. The number of aliphatic hydroxyl groups excluding tert-OH is 1. The van der Waals surface area contributed by atoms with Crippen molar-refractivity contribution in [2.75, 3.05) is 13.2 Å². The summed E-state index contributed by atoms with van der Waals surface area (Å²) in [6, 6.07) is 17.0. The van der Waals surface area contributed by atoms with Crippen molar-refractivity contribution < 1.29 is 9.90 Å². The van der Waals surface area contributed by atoms with Crippen LogP contribution < -0.4 is 5.73 Å². The van der Waals surface area contributed by atoms with Crippen LogP contribution in [0.15, 0.2) is 60.8 Å². The summed E-state index contributed by atoms with van der Waals surface area (Å²) >= 11 is 0. The Morgan fingerprint density at radius 2 is 1.84 bits per heavy atom. The molecule has 5 nitrogen and oxygen atoms in total. The van der Waals surface area contributed by atoms with Crippen LogP contribution in [0.5, 0.6) is 0 Å². The second-order valence-electron chi connectivity index (χ2n) is 6.14. The van der Waals surface area contributed by atoms with E-state index in [4.69, 9.17) is 5.73 Å². The van der Waals surface area contributed by atoms with E-state index in [1.165, 1.54) is 0 Å². The van der Waals surface area contributed by atoms with E-state index in [1.807, 2.05) is 60.8 Å². The quantitative estimate of drug-likeness (QED) is 0.617. The first kappa shape index (κ1) is 17.2. The first-order valence-corrected chi connectivity index (χ1v) is 8.43. The molecule has 1 amide bonds. The summed E-state index contributed by atoms with van der Waals surface area (Å²) in [5.41, 5.74) is 9.28. The van der Waals surface area contributed by atoms with Gasteiger partial charge in [-0.15, -0.1) is 0 Å². The summed E-state index contributed by atoms with van der Waals surface area (Å²) in [5, 5.41) is 10.4. The number of nitrogens with one attached hydrogen (secondary N) is 1. The third-order valence-corrected chi connectivity index (χ3v) is 4.33. The highest BCUT2D eigenvalue weighted by Crippen LogP contribution is 2.19. The van der Waals surface area contributed by atoms with Crippen LogP contribution >= 0.6 is 0 Å². The Balaban J connectivity index is 1.72. The van der Waals surface area contributed by atoms with Gasteiger partial charge in [0.15, 0.2) is 0 Å². The number of benzene rings is 2. The molecule has 0 radical (unpaired) electrons. The number of nitrogens with zero attached hydrogens (tertiary/aromatic N) is 1. The molecule has 5 heteroatoms. The van der Waals surface area contributed by atoms with Gasteiger partial charge in [0.05, 0.1) is 12.6 Å². The minimum absolute atomic E-state index is 0.0849. The lowest BCUT2D eigenvalue weighted by Crippen LogP contribution is -2.45. The van der Waals surface area contributed by atoms with Gasteiger partial charge in [0.1, 0.15) is 0 Å². The smallest absolute Gasteiger partial charge is 0.240 e. The predicted octanol–water partition coefficient (Wildman–Crippen LogP) is 2.06. The summed E-state index contributed by atoms with van der Waals surface area (Å²) in [6.07, 6.45) is 2.37. The second-order valence-corrected chi connectivity index (χ2v) is 6.14. The maximum absolute atomic E-state index is 12.8. The van der Waals surface area contributed by atoms with Crippen LogP contribution in [0.3, 0.4) is 0 Å². The number of carbonyl (C=O) groups is 1. The van der Waals surface area contributed by atoms with E-state index in [0.29, 0.717) is 13.0 Å². The molecule has 0 spiro atoms. The van der Waals surface area contributed by atoms with E-state index in [1.54, 1.807) is 4.90 Å². The molecular formula is C20H23N3O2. The van der Waals surface area contributed by atoms with Gasteiger partial charge in [0.25, 0.3) is 0 Å². The summed E-state index contributed by atoms with van der Waals surface area (Å²) in [6.45, 7) is 0.634. The lowest BCUT2D eigenvalue weighted by molar-refractivity contribution is -0.133. The topological polar surface area (TPSA) is 82.4 Å². The van der Waals surface area contributed by atoms with Crippen LogP contribution in [0.25, 0.3) is 10.9 Å². The number of hydrogen-bond acceptors (Lipinski definition) is 3. The highest BCUT2D eigenvalue weighted by Gasteiger charge is 2.22. The number of para-hydroxylation sites is 1. The zero-order valence-corrected chi connectivity index (χ0v) is 14.1. The van der Waals surface area contributed by atoms with E-state index >= 15 is 0 Å². The van der Waals surface area contributed by atoms with Crippen molar-refractivity contribution in [3.05, 3.63) is 71.9 Å². The number of aliphatic hydroxyl groups is 1.